The number of benzene rings is 3. The van der Waals surface area contributed by atoms with Crippen LogP contribution >= 0.6 is 11.3 Å². The Kier molecular flexibility index (Phi) is 4.52. The van der Waals surface area contributed by atoms with Crippen molar-refractivity contribution in [2.75, 3.05) is 0 Å². The van der Waals surface area contributed by atoms with Crippen molar-refractivity contribution in [2.45, 2.75) is 20.8 Å². The van der Waals surface area contributed by atoms with Crippen molar-refractivity contribution in [3.05, 3.63) is 86.8 Å². The van der Waals surface area contributed by atoms with Crippen LogP contribution in [0.3, 0.4) is 0 Å². The van der Waals surface area contributed by atoms with Crippen LogP contribution in [0.25, 0.3) is 32.4 Å². The Balaban J connectivity index is 1.58. The predicted molar refractivity (Wildman–Crippen MR) is 121 cm³/mol. The van der Waals surface area contributed by atoms with Gasteiger partial charge >= 0.3 is 10.9 Å². The van der Waals surface area contributed by atoms with Gasteiger partial charge in [0.2, 0.25) is 5.76 Å². The zero-order valence-electron chi connectivity index (χ0n) is 17.1. The minimum atomic E-state index is -0.587. The molecule has 2 aromatic heterocycles. The van der Waals surface area contributed by atoms with Crippen LogP contribution in [-0.4, -0.2) is 5.97 Å². The molecule has 2 heterocycles. The summed E-state index contributed by atoms with van der Waals surface area (Å²) in [6, 6.07) is 17.0. The highest BCUT2D eigenvalue weighted by atomic mass is 32.1. The molecule has 5 nitrogen and oxygen atoms in total. The lowest BCUT2D eigenvalue weighted by molar-refractivity contribution is 0.0703. The first-order chi connectivity index (χ1) is 14.9. The average Bonchev–Trinajstić information content (AvgIpc) is 3.27. The molecule has 0 aliphatic rings. The number of fused-ring (bicyclic) bond motifs is 2. The summed E-state index contributed by atoms with van der Waals surface area (Å²) in [5.41, 5.74) is 5.61. The van der Waals surface area contributed by atoms with Gasteiger partial charge in [-0.2, -0.15) is 0 Å². The summed E-state index contributed by atoms with van der Waals surface area (Å²) in [5, 5.41) is 0.885. The molecule has 0 N–H and O–H groups in total. The Morgan fingerprint density at radius 3 is 2.42 bits per heavy atom. The number of hydrogen-bond acceptors (Lipinski definition) is 6. The number of carbonyl (C=O) groups is 1. The fraction of sp³-hybridized carbons (Fsp3) is 0.120. The fourth-order valence-corrected chi connectivity index (χ4v) is 4.37. The number of hydrogen-bond donors (Lipinski definition) is 0. The van der Waals surface area contributed by atoms with E-state index in [0.29, 0.717) is 27.2 Å². The standard InChI is InChI=1S/C25H18O5S/c1-13-4-7-16(8-5-13)19-11-17(12-21-23(19)30-25(27)31-21)28-24(26)22-15(3)18-10-14(2)6-9-20(18)29-22/h4-12H,1-3H3. The van der Waals surface area contributed by atoms with E-state index in [2.05, 4.69) is 0 Å². The topological polar surface area (TPSA) is 69.7 Å². The molecule has 0 saturated carbocycles. The summed E-state index contributed by atoms with van der Waals surface area (Å²) < 4.78 is 17.5. The Morgan fingerprint density at radius 2 is 1.65 bits per heavy atom. The van der Waals surface area contributed by atoms with Gasteiger partial charge in [-0.3, -0.25) is 0 Å². The van der Waals surface area contributed by atoms with E-state index in [9.17, 15) is 9.59 Å². The number of aryl methyl sites for hydroxylation is 3. The molecule has 0 saturated heterocycles. The Labute approximate surface area is 181 Å². The molecule has 0 atom stereocenters. The first kappa shape index (κ1) is 19.3. The molecule has 31 heavy (non-hydrogen) atoms. The number of carbonyl (C=O) groups excluding carboxylic acids is 1. The predicted octanol–water partition coefficient (Wildman–Crippen LogP) is 6.41. The lowest BCUT2D eigenvalue weighted by Gasteiger charge is -2.08. The van der Waals surface area contributed by atoms with Crippen molar-refractivity contribution in [3.63, 3.8) is 0 Å². The summed E-state index contributed by atoms with van der Waals surface area (Å²) in [6.45, 7) is 5.83. The summed E-state index contributed by atoms with van der Waals surface area (Å²) >= 11 is 0.973. The van der Waals surface area contributed by atoms with Gasteiger partial charge in [-0.1, -0.05) is 52.8 Å². The van der Waals surface area contributed by atoms with Crippen molar-refractivity contribution >= 4 is 38.6 Å². The molecule has 5 rings (SSSR count). The van der Waals surface area contributed by atoms with E-state index in [1.165, 1.54) is 0 Å². The largest absolute Gasteiger partial charge is 0.449 e. The maximum absolute atomic E-state index is 12.9. The highest BCUT2D eigenvalue weighted by Crippen LogP contribution is 2.35. The van der Waals surface area contributed by atoms with Gasteiger partial charge in [0, 0.05) is 22.6 Å². The van der Waals surface area contributed by atoms with E-state index < -0.39 is 10.9 Å². The van der Waals surface area contributed by atoms with Gasteiger partial charge in [0.15, 0.2) is 5.58 Å². The minimum absolute atomic E-state index is 0.165. The van der Waals surface area contributed by atoms with Gasteiger partial charge in [0.1, 0.15) is 11.3 Å². The molecule has 5 aromatic rings. The molecule has 0 amide bonds. The molecule has 0 spiro atoms. The Hall–Kier alpha value is -3.64. The molecule has 3 aromatic carbocycles. The molecular formula is C25H18O5S. The molecule has 6 heteroatoms. The first-order valence-corrected chi connectivity index (χ1v) is 10.6. The Bertz CT molecular complexity index is 1520. The van der Waals surface area contributed by atoms with Crippen molar-refractivity contribution in [1.29, 1.82) is 0 Å². The number of esters is 1. The van der Waals surface area contributed by atoms with Gasteiger partial charge in [0.05, 0.1) is 4.70 Å². The van der Waals surface area contributed by atoms with Gasteiger partial charge in [-0.15, -0.1) is 0 Å². The van der Waals surface area contributed by atoms with E-state index in [4.69, 9.17) is 13.6 Å². The molecule has 0 aliphatic carbocycles. The lowest BCUT2D eigenvalue weighted by Crippen LogP contribution is -2.08. The van der Waals surface area contributed by atoms with Crippen molar-refractivity contribution in [2.24, 2.45) is 0 Å². The number of ether oxygens (including phenoxy) is 1. The summed E-state index contributed by atoms with van der Waals surface area (Å²) in [7, 11) is 0. The second kappa shape index (κ2) is 7.25. The zero-order valence-corrected chi connectivity index (χ0v) is 18.0. The normalized spacial score (nSPS) is 11.3. The van der Waals surface area contributed by atoms with E-state index in [-0.39, 0.29) is 5.76 Å². The third-order valence-electron chi connectivity index (χ3n) is 5.26. The maximum Gasteiger partial charge on any atom is 0.396 e. The summed E-state index contributed by atoms with van der Waals surface area (Å²) in [4.78, 5) is 24.4. The molecule has 0 unspecified atom stereocenters. The zero-order chi connectivity index (χ0) is 21.7. The molecular weight excluding hydrogens is 412 g/mol. The van der Waals surface area contributed by atoms with Gasteiger partial charge < -0.3 is 13.6 Å². The molecule has 154 valence electrons. The van der Waals surface area contributed by atoms with Crippen LogP contribution in [0.5, 0.6) is 5.75 Å². The molecule has 0 aliphatic heterocycles. The van der Waals surface area contributed by atoms with Crippen molar-refractivity contribution < 1.29 is 18.4 Å². The average molecular weight is 430 g/mol. The van der Waals surface area contributed by atoms with Crippen LogP contribution in [0.1, 0.15) is 27.2 Å². The van der Waals surface area contributed by atoms with E-state index in [1.807, 2.05) is 63.2 Å². The fourth-order valence-electron chi connectivity index (χ4n) is 3.64. The summed E-state index contributed by atoms with van der Waals surface area (Å²) in [6.07, 6.45) is 0. The van der Waals surface area contributed by atoms with Crippen LogP contribution in [0, 0.1) is 20.8 Å². The molecule has 0 bridgehead atoms. The maximum atomic E-state index is 12.9. The van der Waals surface area contributed by atoms with Gasteiger partial charge in [-0.05, 0) is 44.5 Å². The third kappa shape index (κ3) is 3.45. The SMILES string of the molecule is Cc1ccc(-c2cc(OC(=O)c3oc4ccc(C)cc4c3C)cc3sc(=O)oc23)cc1. The smallest absolute Gasteiger partial charge is 0.396 e. The first-order valence-electron chi connectivity index (χ1n) is 9.76. The third-order valence-corrected chi connectivity index (χ3v) is 6.03. The van der Waals surface area contributed by atoms with E-state index >= 15 is 0 Å². The van der Waals surface area contributed by atoms with Crippen LogP contribution in [-0.2, 0) is 0 Å². The highest BCUT2D eigenvalue weighted by molar-refractivity contribution is 7.16. The van der Waals surface area contributed by atoms with Crippen molar-refractivity contribution in [1.82, 2.24) is 0 Å². The lowest BCUT2D eigenvalue weighted by atomic mass is 10.0. The van der Waals surface area contributed by atoms with Crippen LogP contribution in [0.4, 0.5) is 0 Å². The Morgan fingerprint density at radius 1 is 0.903 bits per heavy atom. The quantitative estimate of drug-likeness (QED) is 0.244. The van der Waals surface area contributed by atoms with E-state index in [1.54, 1.807) is 12.1 Å². The minimum Gasteiger partial charge on any atom is -0.449 e. The van der Waals surface area contributed by atoms with E-state index in [0.717, 1.165) is 39.0 Å². The second-order valence-electron chi connectivity index (χ2n) is 7.56. The van der Waals surface area contributed by atoms with Crippen molar-refractivity contribution in [3.8, 4) is 16.9 Å². The number of furan rings is 1. The van der Waals surface area contributed by atoms with Gasteiger partial charge in [0.25, 0.3) is 0 Å². The number of rotatable bonds is 3. The highest BCUT2D eigenvalue weighted by Gasteiger charge is 2.21. The second-order valence-corrected chi connectivity index (χ2v) is 8.54. The van der Waals surface area contributed by atoms with Gasteiger partial charge in [-0.25, -0.2) is 9.59 Å². The monoisotopic (exact) mass is 430 g/mol. The molecule has 0 radical (unpaired) electrons. The van der Waals surface area contributed by atoms with Crippen LogP contribution in [0.15, 0.2) is 68.2 Å². The molecule has 0 fully saturated rings. The summed E-state index contributed by atoms with van der Waals surface area (Å²) in [5.74, 6) is -0.101. The van der Waals surface area contributed by atoms with Crippen LogP contribution < -0.4 is 9.68 Å². The van der Waals surface area contributed by atoms with Crippen LogP contribution in [0.2, 0.25) is 0 Å².